The van der Waals surface area contributed by atoms with E-state index in [1.165, 1.54) is 37.7 Å². The Bertz CT molecular complexity index is 823. The molecule has 1 aliphatic heterocycles. The summed E-state index contributed by atoms with van der Waals surface area (Å²) in [5.74, 6) is 1.03. The number of phenolic OH excluding ortho intramolecular Hbond substituents is 1. The fourth-order valence-corrected chi connectivity index (χ4v) is 4.73. The number of piperidine rings is 1. The minimum Gasteiger partial charge on any atom is -0.506 e. The molecule has 30 heavy (non-hydrogen) atoms. The molecule has 1 saturated heterocycles. The van der Waals surface area contributed by atoms with Gasteiger partial charge in [0, 0.05) is 24.8 Å². The van der Waals surface area contributed by atoms with Crippen LogP contribution in [0.1, 0.15) is 56.4 Å². The lowest BCUT2D eigenvalue weighted by molar-refractivity contribution is -0.117. The van der Waals surface area contributed by atoms with Crippen LogP contribution < -0.4 is 10.6 Å². The van der Waals surface area contributed by atoms with Gasteiger partial charge in [-0.3, -0.25) is 9.69 Å². The first kappa shape index (κ1) is 20.7. The number of nitrogens with one attached hydrogen (secondary N) is 2. The number of nitrogens with zero attached hydrogens (tertiary/aromatic N) is 1. The Kier molecular flexibility index (Phi) is 6.90. The van der Waals surface area contributed by atoms with Gasteiger partial charge >= 0.3 is 0 Å². The average Bonchev–Trinajstić information content (AvgIpc) is 2.78. The number of likely N-dealkylation sites (tertiary alicyclic amines) is 1. The maximum absolute atomic E-state index is 12.5. The first-order valence-corrected chi connectivity index (χ1v) is 11.3. The summed E-state index contributed by atoms with van der Waals surface area (Å²) in [6.07, 6.45) is 8.53. The van der Waals surface area contributed by atoms with Crippen molar-refractivity contribution < 1.29 is 9.90 Å². The van der Waals surface area contributed by atoms with Gasteiger partial charge in [-0.05, 0) is 61.4 Å². The van der Waals surface area contributed by atoms with Crippen molar-refractivity contribution in [3.63, 3.8) is 0 Å². The number of aromatic hydroxyl groups is 1. The van der Waals surface area contributed by atoms with E-state index in [0.717, 1.165) is 37.3 Å². The fraction of sp³-hybridized carbons (Fsp3) is 0.480. The van der Waals surface area contributed by atoms with Crippen LogP contribution in [0.3, 0.4) is 0 Å². The lowest BCUT2D eigenvalue weighted by Crippen LogP contribution is -2.42. The van der Waals surface area contributed by atoms with E-state index >= 15 is 0 Å². The smallest absolute Gasteiger partial charge is 0.238 e. The summed E-state index contributed by atoms with van der Waals surface area (Å²) in [6, 6.07) is 16.1. The highest BCUT2D eigenvalue weighted by atomic mass is 16.3. The second-order valence-corrected chi connectivity index (χ2v) is 8.72. The van der Waals surface area contributed by atoms with Crippen molar-refractivity contribution in [2.45, 2.75) is 56.9 Å². The van der Waals surface area contributed by atoms with Crippen LogP contribution in [0.4, 0.5) is 11.4 Å². The summed E-state index contributed by atoms with van der Waals surface area (Å²) in [4.78, 5) is 14.7. The Morgan fingerprint density at radius 2 is 1.63 bits per heavy atom. The molecule has 5 nitrogen and oxygen atoms in total. The Hall–Kier alpha value is -2.53. The Labute approximate surface area is 179 Å². The summed E-state index contributed by atoms with van der Waals surface area (Å²) in [7, 11) is 0. The highest BCUT2D eigenvalue weighted by Crippen LogP contribution is 2.33. The molecule has 4 rings (SSSR count). The predicted octanol–water partition coefficient (Wildman–Crippen LogP) is 4.95. The molecule has 1 aliphatic carbocycles. The molecular formula is C25H33N3O2. The highest BCUT2D eigenvalue weighted by Gasteiger charge is 2.21. The Morgan fingerprint density at radius 1 is 0.933 bits per heavy atom. The van der Waals surface area contributed by atoms with Crippen LogP contribution in [0.2, 0.25) is 0 Å². The summed E-state index contributed by atoms with van der Waals surface area (Å²) in [5.41, 5.74) is 3.08. The van der Waals surface area contributed by atoms with Crippen molar-refractivity contribution >= 4 is 17.3 Å². The van der Waals surface area contributed by atoms with Crippen molar-refractivity contribution in [3.8, 4) is 5.75 Å². The lowest BCUT2D eigenvalue weighted by Gasteiger charge is -2.32. The molecule has 0 aromatic heterocycles. The zero-order chi connectivity index (χ0) is 20.8. The zero-order valence-electron chi connectivity index (χ0n) is 17.6. The van der Waals surface area contributed by atoms with E-state index in [4.69, 9.17) is 0 Å². The second-order valence-electron chi connectivity index (χ2n) is 8.72. The number of para-hydroxylation sites is 2. The molecule has 5 heteroatoms. The first-order chi connectivity index (χ1) is 14.7. The van der Waals surface area contributed by atoms with Crippen LogP contribution in [-0.2, 0) is 4.79 Å². The molecule has 2 aromatic rings. The molecule has 0 atom stereocenters. The molecule has 2 fully saturated rings. The number of amides is 1. The van der Waals surface area contributed by atoms with Crippen LogP contribution in [0.5, 0.6) is 5.75 Å². The van der Waals surface area contributed by atoms with Crippen LogP contribution in [-0.4, -0.2) is 41.6 Å². The van der Waals surface area contributed by atoms with Gasteiger partial charge in [-0.15, -0.1) is 0 Å². The molecule has 0 spiro atoms. The number of carbonyl (C=O) groups excluding carboxylic acids is 1. The summed E-state index contributed by atoms with van der Waals surface area (Å²) >= 11 is 0. The van der Waals surface area contributed by atoms with Gasteiger partial charge in [-0.1, -0.05) is 43.5 Å². The normalized spacial score (nSPS) is 18.8. The first-order valence-electron chi connectivity index (χ1n) is 11.3. The molecule has 1 amide bonds. The summed E-state index contributed by atoms with van der Waals surface area (Å²) in [6.45, 7) is 2.17. The third kappa shape index (κ3) is 5.54. The molecule has 2 aliphatic rings. The van der Waals surface area contributed by atoms with E-state index in [2.05, 4.69) is 27.7 Å². The molecule has 1 saturated carbocycles. The molecule has 3 N–H and O–H groups in total. The van der Waals surface area contributed by atoms with Crippen molar-refractivity contribution in [2.75, 3.05) is 30.3 Å². The Balaban J connectivity index is 1.21. The van der Waals surface area contributed by atoms with Crippen LogP contribution >= 0.6 is 0 Å². The molecule has 2 aromatic carbocycles. The van der Waals surface area contributed by atoms with E-state index in [-0.39, 0.29) is 11.7 Å². The van der Waals surface area contributed by atoms with Gasteiger partial charge in [0.15, 0.2) is 0 Å². The molecule has 0 bridgehead atoms. The van der Waals surface area contributed by atoms with Crippen molar-refractivity contribution in [3.05, 3.63) is 54.1 Å². The van der Waals surface area contributed by atoms with Crippen LogP contribution in [0.15, 0.2) is 48.5 Å². The van der Waals surface area contributed by atoms with E-state index in [0.29, 0.717) is 18.5 Å². The van der Waals surface area contributed by atoms with Gasteiger partial charge in [-0.25, -0.2) is 0 Å². The van der Waals surface area contributed by atoms with E-state index in [9.17, 15) is 9.90 Å². The van der Waals surface area contributed by atoms with Gasteiger partial charge in [0.25, 0.3) is 0 Å². The number of hydrogen-bond acceptors (Lipinski definition) is 4. The molecule has 1 heterocycles. The summed E-state index contributed by atoms with van der Waals surface area (Å²) < 4.78 is 0. The Morgan fingerprint density at radius 3 is 2.33 bits per heavy atom. The average molecular weight is 408 g/mol. The predicted molar refractivity (Wildman–Crippen MR) is 122 cm³/mol. The van der Waals surface area contributed by atoms with Gasteiger partial charge in [-0.2, -0.15) is 0 Å². The second kappa shape index (κ2) is 9.98. The number of carbonyl (C=O) groups is 1. The van der Waals surface area contributed by atoms with Gasteiger partial charge in [0.2, 0.25) is 5.91 Å². The summed E-state index contributed by atoms with van der Waals surface area (Å²) in [5, 5.41) is 16.4. The maximum Gasteiger partial charge on any atom is 0.238 e. The third-order valence-electron chi connectivity index (χ3n) is 6.49. The van der Waals surface area contributed by atoms with Crippen molar-refractivity contribution in [1.29, 1.82) is 0 Å². The van der Waals surface area contributed by atoms with Crippen molar-refractivity contribution in [1.82, 2.24) is 4.90 Å². The minimum absolute atomic E-state index is 0.0486. The van der Waals surface area contributed by atoms with Crippen LogP contribution in [0, 0.1) is 0 Å². The molecule has 0 unspecified atom stereocenters. The largest absolute Gasteiger partial charge is 0.506 e. The zero-order valence-corrected chi connectivity index (χ0v) is 17.6. The highest BCUT2D eigenvalue weighted by molar-refractivity contribution is 5.92. The minimum atomic E-state index is 0.0486. The molecular weight excluding hydrogens is 374 g/mol. The molecule has 160 valence electrons. The maximum atomic E-state index is 12.5. The number of phenols is 1. The van der Waals surface area contributed by atoms with Gasteiger partial charge in [0.05, 0.1) is 12.2 Å². The number of hydrogen-bond donors (Lipinski definition) is 3. The van der Waals surface area contributed by atoms with E-state index < -0.39 is 0 Å². The standard InChI is InChI=1S/C25H33N3O2/c29-24-9-5-4-8-23(24)26-22-14-16-28(17-15-22)18-25(30)27-21-12-10-20(11-13-21)19-6-2-1-3-7-19/h4-5,8-13,19,22,26,29H,1-3,6-7,14-18H2,(H,27,30). The van der Waals surface area contributed by atoms with E-state index in [1.54, 1.807) is 6.07 Å². The van der Waals surface area contributed by atoms with Gasteiger partial charge in [0.1, 0.15) is 5.75 Å². The fourth-order valence-electron chi connectivity index (χ4n) is 4.73. The lowest BCUT2D eigenvalue weighted by atomic mass is 9.84. The number of rotatable bonds is 6. The van der Waals surface area contributed by atoms with Gasteiger partial charge < -0.3 is 15.7 Å². The van der Waals surface area contributed by atoms with Crippen LogP contribution in [0.25, 0.3) is 0 Å². The quantitative estimate of drug-likeness (QED) is 0.593. The van der Waals surface area contributed by atoms with E-state index in [1.807, 2.05) is 30.3 Å². The monoisotopic (exact) mass is 407 g/mol. The van der Waals surface area contributed by atoms with Crippen molar-refractivity contribution in [2.24, 2.45) is 0 Å². The number of benzene rings is 2. The number of anilines is 2. The topological polar surface area (TPSA) is 64.6 Å². The SMILES string of the molecule is O=C(CN1CCC(Nc2ccccc2O)CC1)Nc1ccc(C2CCCCC2)cc1. The third-order valence-corrected chi connectivity index (χ3v) is 6.49. The molecule has 0 radical (unpaired) electrons.